The summed E-state index contributed by atoms with van der Waals surface area (Å²) in [6.07, 6.45) is 13.1. The number of hydrogen-bond acceptors (Lipinski definition) is 3. The third kappa shape index (κ3) is 1.43. The number of aliphatic hydroxyl groups excluding tert-OH is 1. The van der Waals surface area contributed by atoms with Crippen LogP contribution in [0.4, 0.5) is 0 Å². The summed E-state index contributed by atoms with van der Waals surface area (Å²) >= 11 is 0. The molecule has 0 amide bonds. The molecule has 25 heavy (non-hydrogen) atoms. The molecule has 5 aliphatic carbocycles. The number of hydrogen-bond donors (Lipinski definition) is 1. The Morgan fingerprint density at radius 3 is 2.52 bits per heavy atom. The summed E-state index contributed by atoms with van der Waals surface area (Å²) < 4.78 is 5.92. The zero-order valence-electron chi connectivity index (χ0n) is 15.5. The van der Waals surface area contributed by atoms with E-state index < -0.39 is 0 Å². The van der Waals surface area contributed by atoms with E-state index in [1.165, 1.54) is 32.1 Å². The third-order valence-corrected chi connectivity index (χ3v) is 10.5. The van der Waals surface area contributed by atoms with Gasteiger partial charge in [-0.05, 0) is 86.5 Å². The van der Waals surface area contributed by atoms with Gasteiger partial charge in [-0.25, -0.2) is 4.79 Å². The molecule has 0 unspecified atom stereocenters. The maximum absolute atomic E-state index is 11.9. The molecule has 3 heteroatoms. The minimum absolute atomic E-state index is 0.0545. The number of rotatable bonds is 0. The second-order valence-electron chi connectivity index (χ2n) is 10.7. The van der Waals surface area contributed by atoms with E-state index in [4.69, 9.17) is 4.74 Å². The van der Waals surface area contributed by atoms with Crippen molar-refractivity contribution >= 4 is 5.97 Å². The van der Waals surface area contributed by atoms with Gasteiger partial charge in [0.05, 0.1) is 6.10 Å². The van der Waals surface area contributed by atoms with Crippen molar-refractivity contribution in [3.8, 4) is 0 Å². The van der Waals surface area contributed by atoms with Crippen molar-refractivity contribution in [2.24, 2.45) is 39.9 Å². The van der Waals surface area contributed by atoms with Crippen LogP contribution in [0.1, 0.15) is 65.2 Å². The van der Waals surface area contributed by atoms with Gasteiger partial charge in [0, 0.05) is 16.9 Å². The van der Waals surface area contributed by atoms with E-state index in [9.17, 15) is 9.90 Å². The first-order valence-corrected chi connectivity index (χ1v) is 10.5. The Morgan fingerprint density at radius 2 is 1.80 bits per heavy atom. The third-order valence-electron chi connectivity index (χ3n) is 10.5. The Kier molecular flexibility index (Phi) is 2.55. The van der Waals surface area contributed by atoms with Crippen LogP contribution in [0, 0.1) is 39.9 Å². The van der Waals surface area contributed by atoms with Gasteiger partial charge in [-0.15, -0.1) is 0 Å². The number of fused-ring (bicyclic) bond motifs is 5. The molecule has 3 nitrogen and oxygen atoms in total. The molecule has 9 atom stereocenters. The van der Waals surface area contributed by atoms with Crippen LogP contribution in [0.25, 0.3) is 0 Å². The first-order chi connectivity index (χ1) is 11.9. The first kappa shape index (κ1) is 15.2. The lowest BCUT2D eigenvalue weighted by Gasteiger charge is -2.60. The molecule has 136 valence electrons. The fourth-order valence-corrected chi connectivity index (χ4v) is 9.23. The predicted octanol–water partition coefficient (Wildman–Crippen LogP) is 3.85. The van der Waals surface area contributed by atoms with E-state index in [0.717, 1.165) is 31.1 Å². The van der Waals surface area contributed by atoms with Gasteiger partial charge in [0.2, 0.25) is 0 Å². The van der Waals surface area contributed by atoms with Crippen molar-refractivity contribution in [1.82, 2.24) is 0 Å². The molecule has 0 saturated heterocycles. The van der Waals surface area contributed by atoms with Crippen LogP contribution in [0.2, 0.25) is 0 Å². The lowest BCUT2D eigenvalue weighted by molar-refractivity contribution is -0.179. The Morgan fingerprint density at radius 1 is 1.08 bits per heavy atom. The molecule has 5 saturated carbocycles. The molecule has 0 bridgehead atoms. The molecular weight excluding hydrogens is 312 g/mol. The van der Waals surface area contributed by atoms with E-state index in [0.29, 0.717) is 17.3 Å². The summed E-state index contributed by atoms with van der Waals surface area (Å²) in [5.41, 5.74) is 0.300. The highest BCUT2D eigenvalue weighted by Crippen LogP contribution is 2.82. The quantitative estimate of drug-likeness (QED) is 0.680. The summed E-state index contributed by atoms with van der Waals surface area (Å²) in [5, 5.41) is 11.2. The van der Waals surface area contributed by atoms with Crippen LogP contribution in [0.5, 0.6) is 0 Å². The Balaban J connectivity index is 1.40. The highest BCUT2D eigenvalue weighted by Gasteiger charge is 2.78. The number of ether oxygens (including phenoxy) is 1. The molecule has 6 rings (SSSR count). The SMILES string of the molecule is C[C@]12CC[C@H]3[C@@H](C[C@@H](O)[C@]45C[C@H]4CC[C@]35C)[C@@H]1CC[C@@]21C=CC(=O)O1. The summed E-state index contributed by atoms with van der Waals surface area (Å²) in [5.74, 6) is 2.60. The predicted molar refractivity (Wildman–Crippen MR) is 93.5 cm³/mol. The molecule has 1 aliphatic heterocycles. The fourth-order valence-electron chi connectivity index (χ4n) is 9.23. The van der Waals surface area contributed by atoms with Gasteiger partial charge in [0.25, 0.3) is 0 Å². The summed E-state index contributed by atoms with van der Waals surface area (Å²) in [6.45, 7) is 4.89. The second kappa shape index (κ2) is 4.18. The van der Waals surface area contributed by atoms with E-state index in [-0.39, 0.29) is 28.5 Å². The van der Waals surface area contributed by atoms with Crippen LogP contribution in [0.15, 0.2) is 12.2 Å². The molecule has 0 radical (unpaired) electrons. The van der Waals surface area contributed by atoms with Crippen LogP contribution in [0.3, 0.4) is 0 Å². The smallest absolute Gasteiger partial charge is 0.331 e. The molecule has 0 aromatic carbocycles. The minimum atomic E-state index is -0.363. The Bertz CT molecular complexity index is 699. The second-order valence-corrected chi connectivity index (χ2v) is 10.7. The van der Waals surface area contributed by atoms with Gasteiger partial charge in [0.1, 0.15) is 5.60 Å². The Hall–Kier alpha value is -0.830. The highest BCUT2D eigenvalue weighted by molar-refractivity contribution is 5.85. The van der Waals surface area contributed by atoms with Gasteiger partial charge in [-0.3, -0.25) is 0 Å². The molecule has 0 aromatic heterocycles. The van der Waals surface area contributed by atoms with Gasteiger partial charge in [-0.1, -0.05) is 13.8 Å². The number of aliphatic hydroxyl groups is 1. The van der Waals surface area contributed by atoms with Gasteiger partial charge >= 0.3 is 5.97 Å². The molecule has 1 heterocycles. The summed E-state index contributed by atoms with van der Waals surface area (Å²) in [4.78, 5) is 11.9. The van der Waals surface area contributed by atoms with Crippen LogP contribution >= 0.6 is 0 Å². The van der Waals surface area contributed by atoms with Crippen LogP contribution in [-0.4, -0.2) is 22.8 Å². The number of carbonyl (C=O) groups is 1. The fraction of sp³-hybridized carbons (Fsp3) is 0.864. The minimum Gasteiger partial charge on any atom is -0.451 e. The van der Waals surface area contributed by atoms with Crippen molar-refractivity contribution in [3.05, 3.63) is 12.2 Å². The van der Waals surface area contributed by atoms with Crippen molar-refractivity contribution in [2.45, 2.75) is 76.9 Å². The summed E-state index contributed by atoms with van der Waals surface area (Å²) in [6, 6.07) is 0. The normalized spacial score (nSPS) is 63.8. The molecule has 0 aromatic rings. The first-order valence-electron chi connectivity index (χ1n) is 10.5. The molecule has 2 spiro atoms. The molecular formula is C22H30O3. The van der Waals surface area contributed by atoms with Gasteiger partial charge in [-0.2, -0.15) is 0 Å². The highest BCUT2D eigenvalue weighted by atomic mass is 16.6. The largest absolute Gasteiger partial charge is 0.451 e. The topological polar surface area (TPSA) is 46.5 Å². The molecule has 1 N–H and O–H groups in total. The monoisotopic (exact) mass is 342 g/mol. The van der Waals surface area contributed by atoms with Crippen LogP contribution in [-0.2, 0) is 9.53 Å². The number of esters is 1. The van der Waals surface area contributed by atoms with Gasteiger partial charge in [0.15, 0.2) is 0 Å². The van der Waals surface area contributed by atoms with Crippen molar-refractivity contribution in [2.75, 3.05) is 0 Å². The lowest BCUT2D eigenvalue weighted by Crippen LogP contribution is -2.58. The molecule has 6 aliphatic rings. The zero-order chi connectivity index (χ0) is 17.2. The van der Waals surface area contributed by atoms with E-state index in [1.807, 2.05) is 0 Å². The Labute approximate surface area is 150 Å². The van der Waals surface area contributed by atoms with Crippen molar-refractivity contribution in [1.29, 1.82) is 0 Å². The van der Waals surface area contributed by atoms with E-state index >= 15 is 0 Å². The summed E-state index contributed by atoms with van der Waals surface area (Å²) in [7, 11) is 0. The average Bonchev–Trinajstić information content (AvgIpc) is 2.92. The van der Waals surface area contributed by atoms with E-state index in [1.54, 1.807) is 6.08 Å². The number of carbonyl (C=O) groups excluding carboxylic acids is 1. The zero-order valence-corrected chi connectivity index (χ0v) is 15.5. The average molecular weight is 342 g/mol. The maximum Gasteiger partial charge on any atom is 0.331 e. The maximum atomic E-state index is 11.9. The van der Waals surface area contributed by atoms with Gasteiger partial charge < -0.3 is 9.84 Å². The van der Waals surface area contributed by atoms with Crippen molar-refractivity contribution < 1.29 is 14.6 Å². The van der Waals surface area contributed by atoms with Crippen LogP contribution < -0.4 is 0 Å². The molecule has 5 fully saturated rings. The van der Waals surface area contributed by atoms with E-state index in [2.05, 4.69) is 19.9 Å². The lowest BCUT2D eigenvalue weighted by atomic mass is 9.45. The van der Waals surface area contributed by atoms with Crippen molar-refractivity contribution in [3.63, 3.8) is 0 Å². The standard InChI is InChI=1S/C22H30O3/c1-19-8-4-16-14(15(19)5-9-21(19)10-6-18(24)25-21)11-17(23)22-12-13(22)3-7-20(16,22)2/h6,10,13-17,23H,3-5,7-9,11-12H2,1-2H3/t13-,14+,15+,16+,17-,19+,20-,21-,22+/m1/s1.